The second kappa shape index (κ2) is 4.92. The first-order valence-electron chi connectivity index (χ1n) is 6.28. The van der Waals surface area contributed by atoms with Crippen LogP contribution in [0.5, 0.6) is 0 Å². The summed E-state index contributed by atoms with van der Waals surface area (Å²) in [4.78, 5) is 22.0. The Morgan fingerprint density at radius 2 is 2.06 bits per heavy atom. The van der Waals surface area contributed by atoms with E-state index in [-0.39, 0.29) is 5.92 Å². The van der Waals surface area contributed by atoms with E-state index in [1.54, 1.807) is 0 Å². The van der Waals surface area contributed by atoms with E-state index in [1.807, 2.05) is 20.8 Å². The van der Waals surface area contributed by atoms with Gasteiger partial charge < -0.3 is 10.0 Å². The molecule has 1 N–H and O–H groups in total. The molecule has 1 fully saturated rings. The van der Waals surface area contributed by atoms with Crippen LogP contribution in [0.2, 0.25) is 0 Å². The second-order valence-electron chi connectivity index (χ2n) is 4.93. The van der Waals surface area contributed by atoms with E-state index >= 15 is 0 Å². The molecule has 1 atom stereocenters. The zero-order chi connectivity index (χ0) is 13.3. The van der Waals surface area contributed by atoms with Gasteiger partial charge in [-0.25, -0.2) is 9.97 Å². The quantitative estimate of drug-likeness (QED) is 0.864. The summed E-state index contributed by atoms with van der Waals surface area (Å²) in [5, 5.41) is 9.12. The highest BCUT2D eigenvalue weighted by molar-refractivity contribution is 5.71. The molecule has 18 heavy (non-hydrogen) atoms. The van der Waals surface area contributed by atoms with Crippen molar-refractivity contribution in [1.29, 1.82) is 0 Å². The summed E-state index contributed by atoms with van der Waals surface area (Å²) in [5.74, 6) is 0.644. The topological polar surface area (TPSA) is 66.3 Å². The fourth-order valence-electron chi connectivity index (χ4n) is 2.43. The molecule has 5 heteroatoms. The van der Waals surface area contributed by atoms with Gasteiger partial charge in [-0.15, -0.1) is 0 Å². The normalized spacial score (nSPS) is 19.9. The van der Waals surface area contributed by atoms with Gasteiger partial charge in [0.05, 0.1) is 5.92 Å². The summed E-state index contributed by atoms with van der Waals surface area (Å²) < 4.78 is 0. The Bertz CT molecular complexity index is 474. The molecule has 0 radical (unpaired) electrons. The van der Waals surface area contributed by atoms with Crippen molar-refractivity contribution >= 4 is 11.8 Å². The molecule has 0 bridgehead atoms. The van der Waals surface area contributed by atoms with Gasteiger partial charge in [0, 0.05) is 24.3 Å². The van der Waals surface area contributed by atoms with Crippen LogP contribution in [0.1, 0.15) is 29.9 Å². The third-order valence-corrected chi connectivity index (χ3v) is 3.55. The van der Waals surface area contributed by atoms with Crippen molar-refractivity contribution in [2.45, 2.75) is 33.6 Å². The molecule has 0 amide bonds. The number of anilines is 1. The maximum absolute atomic E-state index is 11.1. The summed E-state index contributed by atoms with van der Waals surface area (Å²) in [5.41, 5.74) is 2.02. The Kier molecular flexibility index (Phi) is 3.50. The highest BCUT2D eigenvalue weighted by Gasteiger charge is 2.27. The minimum atomic E-state index is -0.708. The van der Waals surface area contributed by atoms with Crippen LogP contribution >= 0.6 is 0 Å². The zero-order valence-corrected chi connectivity index (χ0v) is 11.1. The number of carboxylic acid groups (broad SMARTS) is 1. The zero-order valence-electron chi connectivity index (χ0n) is 11.1. The largest absolute Gasteiger partial charge is 0.481 e. The van der Waals surface area contributed by atoms with Gasteiger partial charge in [-0.2, -0.15) is 0 Å². The fraction of sp³-hybridized carbons (Fsp3) is 0.615. The molecule has 1 aromatic heterocycles. The van der Waals surface area contributed by atoms with Gasteiger partial charge in [-0.1, -0.05) is 0 Å². The standard InChI is InChI=1S/C13H19N3O2/c1-8-9(2)14-10(3)15-12(8)16-6-4-5-11(7-16)13(17)18/h11H,4-7H2,1-3H3,(H,17,18). The lowest BCUT2D eigenvalue weighted by molar-refractivity contribution is -0.141. The minimum Gasteiger partial charge on any atom is -0.481 e. The first kappa shape index (κ1) is 12.8. The van der Waals surface area contributed by atoms with Crippen molar-refractivity contribution in [3.8, 4) is 0 Å². The average Bonchev–Trinajstić information content (AvgIpc) is 2.34. The number of hydrogen-bond donors (Lipinski definition) is 1. The van der Waals surface area contributed by atoms with Crippen molar-refractivity contribution in [2.75, 3.05) is 18.0 Å². The molecule has 1 aliphatic heterocycles. The molecule has 5 nitrogen and oxygen atoms in total. The Balaban J connectivity index is 2.28. The summed E-state index contributed by atoms with van der Waals surface area (Å²) in [6.07, 6.45) is 1.66. The van der Waals surface area contributed by atoms with Gasteiger partial charge >= 0.3 is 5.97 Å². The van der Waals surface area contributed by atoms with Crippen LogP contribution in [-0.4, -0.2) is 34.1 Å². The first-order chi connectivity index (χ1) is 8.49. The van der Waals surface area contributed by atoms with Gasteiger partial charge in [0.2, 0.25) is 0 Å². The number of hydrogen-bond acceptors (Lipinski definition) is 4. The molecule has 1 aromatic rings. The summed E-state index contributed by atoms with van der Waals surface area (Å²) >= 11 is 0. The van der Waals surface area contributed by atoms with E-state index in [4.69, 9.17) is 5.11 Å². The number of aliphatic carboxylic acids is 1. The minimum absolute atomic E-state index is 0.284. The van der Waals surface area contributed by atoms with Gasteiger partial charge in [-0.05, 0) is 33.6 Å². The summed E-state index contributed by atoms with van der Waals surface area (Å²) in [6.45, 7) is 7.25. The van der Waals surface area contributed by atoms with E-state index in [0.717, 1.165) is 42.3 Å². The third kappa shape index (κ3) is 2.44. The van der Waals surface area contributed by atoms with Gasteiger partial charge in [0.15, 0.2) is 0 Å². The van der Waals surface area contributed by atoms with Crippen LogP contribution in [0.3, 0.4) is 0 Å². The SMILES string of the molecule is Cc1nc(C)c(C)c(N2CCCC(C(=O)O)C2)n1. The maximum Gasteiger partial charge on any atom is 0.308 e. The van der Waals surface area contributed by atoms with E-state index in [2.05, 4.69) is 14.9 Å². The average molecular weight is 249 g/mol. The Morgan fingerprint density at radius 3 is 2.72 bits per heavy atom. The van der Waals surface area contributed by atoms with Crippen molar-refractivity contribution in [1.82, 2.24) is 9.97 Å². The van der Waals surface area contributed by atoms with Crippen molar-refractivity contribution in [3.05, 3.63) is 17.1 Å². The van der Waals surface area contributed by atoms with Crippen molar-refractivity contribution in [2.24, 2.45) is 5.92 Å². The Labute approximate surface area is 107 Å². The number of carboxylic acids is 1. The van der Waals surface area contributed by atoms with Crippen LogP contribution < -0.4 is 4.90 Å². The van der Waals surface area contributed by atoms with Crippen molar-refractivity contribution < 1.29 is 9.90 Å². The molecular weight excluding hydrogens is 230 g/mol. The second-order valence-corrected chi connectivity index (χ2v) is 4.93. The molecule has 0 aromatic carbocycles. The van der Waals surface area contributed by atoms with Crippen LogP contribution in [-0.2, 0) is 4.79 Å². The lowest BCUT2D eigenvalue weighted by atomic mass is 9.98. The fourth-order valence-corrected chi connectivity index (χ4v) is 2.43. The highest BCUT2D eigenvalue weighted by atomic mass is 16.4. The molecule has 1 aliphatic rings. The number of aryl methyl sites for hydroxylation is 2. The van der Waals surface area contributed by atoms with Crippen LogP contribution in [0.15, 0.2) is 0 Å². The molecule has 2 rings (SSSR count). The third-order valence-electron chi connectivity index (χ3n) is 3.55. The number of nitrogens with zero attached hydrogens (tertiary/aromatic N) is 3. The van der Waals surface area contributed by atoms with Crippen LogP contribution in [0, 0.1) is 26.7 Å². The maximum atomic E-state index is 11.1. The number of piperidine rings is 1. The van der Waals surface area contributed by atoms with Crippen molar-refractivity contribution in [3.63, 3.8) is 0 Å². The lowest BCUT2D eigenvalue weighted by Gasteiger charge is -2.32. The van der Waals surface area contributed by atoms with E-state index in [0.29, 0.717) is 6.54 Å². The van der Waals surface area contributed by atoms with Crippen LogP contribution in [0.4, 0.5) is 5.82 Å². The predicted molar refractivity (Wildman–Crippen MR) is 68.8 cm³/mol. The lowest BCUT2D eigenvalue weighted by Crippen LogP contribution is -2.39. The molecule has 0 spiro atoms. The van der Waals surface area contributed by atoms with E-state index in [1.165, 1.54) is 0 Å². The number of aromatic nitrogens is 2. The van der Waals surface area contributed by atoms with Gasteiger partial charge in [-0.3, -0.25) is 4.79 Å². The molecule has 1 unspecified atom stereocenters. The molecule has 1 saturated heterocycles. The smallest absolute Gasteiger partial charge is 0.308 e. The van der Waals surface area contributed by atoms with E-state index < -0.39 is 5.97 Å². The first-order valence-corrected chi connectivity index (χ1v) is 6.28. The number of carbonyl (C=O) groups is 1. The van der Waals surface area contributed by atoms with Gasteiger partial charge in [0.1, 0.15) is 11.6 Å². The van der Waals surface area contributed by atoms with Gasteiger partial charge in [0.25, 0.3) is 0 Å². The molecule has 2 heterocycles. The monoisotopic (exact) mass is 249 g/mol. The summed E-state index contributed by atoms with van der Waals surface area (Å²) in [6, 6.07) is 0. The van der Waals surface area contributed by atoms with Crippen LogP contribution in [0.25, 0.3) is 0 Å². The molecule has 98 valence electrons. The Morgan fingerprint density at radius 1 is 1.33 bits per heavy atom. The predicted octanol–water partition coefficient (Wildman–Crippen LogP) is 1.70. The Hall–Kier alpha value is -1.65. The molecule has 0 saturated carbocycles. The molecular formula is C13H19N3O2. The van der Waals surface area contributed by atoms with E-state index in [9.17, 15) is 4.79 Å². The summed E-state index contributed by atoms with van der Waals surface area (Å²) in [7, 11) is 0. The molecule has 0 aliphatic carbocycles. The highest BCUT2D eigenvalue weighted by Crippen LogP contribution is 2.25. The number of rotatable bonds is 2.